The highest BCUT2D eigenvalue weighted by atomic mass is 16.5. The van der Waals surface area contributed by atoms with Crippen molar-refractivity contribution < 1.29 is 9.15 Å². The van der Waals surface area contributed by atoms with Gasteiger partial charge in [-0.1, -0.05) is 6.07 Å². The number of hydrogen-bond donors (Lipinski definition) is 1. The summed E-state index contributed by atoms with van der Waals surface area (Å²) >= 11 is 0. The van der Waals surface area contributed by atoms with Crippen LogP contribution in [0.1, 0.15) is 0 Å². The predicted octanol–water partition coefficient (Wildman–Crippen LogP) is 3.14. The molecule has 0 radical (unpaired) electrons. The fourth-order valence-electron chi connectivity index (χ4n) is 3.63. The van der Waals surface area contributed by atoms with Gasteiger partial charge >= 0.3 is 6.01 Å². The molecule has 0 aliphatic heterocycles. The number of rotatable bonds is 5. The van der Waals surface area contributed by atoms with Crippen molar-refractivity contribution in [3.8, 4) is 28.3 Å². The molecule has 10 nitrogen and oxygen atoms in total. The van der Waals surface area contributed by atoms with Crippen molar-refractivity contribution >= 4 is 23.0 Å². The maximum Gasteiger partial charge on any atom is 0.301 e. The largest absolute Gasteiger partial charge is 0.495 e. The minimum Gasteiger partial charge on any atom is -0.495 e. The lowest BCUT2D eigenvalue weighted by atomic mass is 10.0. The Labute approximate surface area is 177 Å². The minimum absolute atomic E-state index is 0.382. The first-order valence-corrected chi connectivity index (χ1v) is 9.50. The summed E-state index contributed by atoms with van der Waals surface area (Å²) in [5.41, 5.74) is 11.2. The van der Waals surface area contributed by atoms with E-state index in [0.29, 0.717) is 23.1 Å². The van der Waals surface area contributed by atoms with Crippen LogP contribution < -0.4 is 15.4 Å². The maximum atomic E-state index is 6.25. The second-order valence-electron chi connectivity index (χ2n) is 6.98. The molecule has 4 heterocycles. The van der Waals surface area contributed by atoms with E-state index >= 15 is 0 Å². The summed E-state index contributed by atoms with van der Waals surface area (Å²) < 4.78 is 14.6. The molecule has 0 bridgehead atoms. The molecule has 2 N–H and O–H groups in total. The molecule has 0 atom stereocenters. The van der Waals surface area contributed by atoms with Gasteiger partial charge < -0.3 is 14.9 Å². The van der Waals surface area contributed by atoms with Gasteiger partial charge in [0.2, 0.25) is 0 Å². The highest BCUT2D eigenvalue weighted by Gasteiger charge is 2.20. The van der Waals surface area contributed by atoms with E-state index in [1.165, 1.54) is 12.6 Å². The third-order valence-electron chi connectivity index (χ3n) is 5.12. The maximum absolute atomic E-state index is 6.25. The SMILES string of the molecule is COc1cc(-c2cc(-c3ccn(C)n3)n3ncnc(N)c23)ccc1N(C)c1ncco1. The summed E-state index contributed by atoms with van der Waals surface area (Å²) in [5.74, 6) is 1.04. The smallest absolute Gasteiger partial charge is 0.301 e. The fourth-order valence-corrected chi connectivity index (χ4v) is 3.63. The molecule has 0 saturated heterocycles. The van der Waals surface area contributed by atoms with Crippen molar-refractivity contribution in [1.29, 1.82) is 0 Å². The van der Waals surface area contributed by atoms with E-state index < -0.39 is 0 Å². The number of nitrogens with zero attached hydrogens (tertiary/aromatic N) is 7. The number of nitrogens with two attached hydrogens (primary N) is 1. The van der Waals surface area contributed by atoms with Crippen LogP contribution in [0.4, 0.5) is 17.5 Å². The lowest BCUT2D eigenvalue weighted by Crippen LogP contribution is -2.11. The van der Waals surface area contributed by atoms with E-state index in [4.69, 9.17) is 14.9 Å². The van der Waals surface area contributed by atoms with Gasteiger partial charge in [-0.3, -0.25) is 9.58 Å². The van der Waals surface area contributed by atoms with Crippen molar-refractivity contribution in [2.24, 2.45) is 7.05 Å². The number of nitrogen functional groups attached to an aromatic ring is 1. The molecule has 0 amide bonds. The second kappa shape index (κ2) is 7.17. The Kier molecular flexibility index (Phi) is 4.32. The number of hydrogen-bond acceptors (Lipinski definition) is 8. The molecule has 31 heavy (non-hydrogen) atoms. The Balaban J connectivity index is 1.67. The predicted molar refractivity (Wildman–Crippen MR) is 116 cm³/mol. The van der Waals surface area contributed by atoms with Gasteiger partial charge in [-0.2, -0.15) is 10.2 Å². The number of ether oxygens (including phenoxy) is 1. The molecule has 0 saturated carbocycles. The zero-order valence-corrected chi connectivity index (χ0v) is 17.2. The monoisotopic (exact) mass is 416 g/mol. The molecule has 5 aromatic rings. The van der Waals surface area contributed by atoms with Crippen LogP contribution in [-0.2, 0) is 7.05 Å². The minimum atomic E-state index is 0.382. The fraction of sp³-hybridized carbons (Fsp3) is 0.143. The van der Waals surface area contributed by atoms with Gasteiger partial charge in [0.05, 0.1) is 24.7 Å². The normalized spacial score (nSPS) is 11.2. The van der Waals surface area contributed by atoms with Crippen molar-refractivity contribution in [2.45, 2.75) is 0 Å². The third-order valence-corrected chi connectivity index (χ3v) is 5.12. The summed E-state index contributed by atoms with van der Waals surface area (Å²) in [6, 6.07) is 10.3. The Hall–Kier alpha value is -4.34. The Morgan fingerprint density at radius 1 is 1.16 bits per heavy atom. The van der Waals surface area contributed by atoms with E-state index in [1.54, 1.807) is 22.5 Å². The summed E-state index contributed by atoms with van der Waals surface area (Å²) in [5, 5.41) is 8.93. The van der Waals surface area contributed by atoms with Crippen LogP contribution in [0.5, 0.6) is 5.75 Å². The van der Waals surface area contributed by atoms with E-state index in [1.807, 2.05) is 55.5 Å². The quantitative estimate of drug-likeness (QED) is 0.465. The zero-order chi connectivity index (χ0) is 21.5. The van der Waals surface area contributed by atoms with Gasteiger partial charge in [0.25, 0.3) is 0 Å². The molecule has 0 fully saturated rings. The lowest BCUT2D eigenvalue weighted by Gasteiger charge is -2.18. The highest BCUT2D eigenvalue weighted by molar-refractivity contribution is 5.92. The van der Waals surface area contributed by atoms with E-state index in [-0.39, 0.29) is 0 Å². The Morgan fingerprint density at radius 3 is 2.74 bits per heavy atom. The van der Waals surface area contributed by atoms with Crippen LogP contribution in [0.25, 0.3) is 28.0 Å². The molecule has 0 aliphatic rings. The molecule has 10 heteroatoms. The lowest BCUT2D eigenvalue weighted by molar-refractivity contribution is 0.415. The average Bonchev–Trinajstić information content (AvgIpc) is 3.53. The number of aromatic nitrogens is 6. The molecule has 1 aromatic carbocycles. The molecular formula is C21H20N8O2. The Bertz CT molecular complexity index is 1370. The highest BCUT2D eigenvalue weighted by Crippen LogP contribution is 2.39. The molecule has 5 rings (SSSR count). The van der Waals surface area contributed by atoms with Gasteiger partial charge in [-0.15, -0.1) is 0 Å². The van der Waals surface area contributed by atoms with Crippen LogP contribution in [0.15, 0.2) is 59.7 Å². The van der Waals surface area contributed by atoms with E-state index in [2.05, 4.69) is 20.2 Å². The number of aryl methyl sites for hydroxylation is 1. The van der Waals surface area contributed by atoms with Gasteiger partial charge in [0.15, 0.2) is 5.82 Å². The number of anilines is 3. The summed E-state index contributed by atoms with van der Waals surface area (Å²) in [6.45, 7) is 0. The Morgan fingerprint density at radius 2 is 2.03 bits per heavy atom. The van der Waals surface area contributed by atoms with Crippen molar-refractivity contribution in [3.05, 3.63) is 55.3 Å². The van der Waals surface area contributed by atoms with E-state index in [9.17, 15) is 0 Å². The molecular weight excluding hydrogens is 396 g/mol. The number of oxazole rings is 1. The third kappa shape index (κ3) is 3.05. The molecule has 0 aliphatic carbocycles. The summed E-state index contributed by atoms with van der Waals surface area (Å²) in [4.78, 5) is 10.2. The molecule has 0 spiro atoms. The number of fused-ring (bicyclic) bond motifs is 1. The van der Waals surface area contributed by atoms with Crippen molar-refractivity contribution in [1.82, 2.24) is 29.4 Å². The number of benzene rings is 1. The average molecular weight is 416 g/mol. The standard InChI is InChI=1S/C21H20N8O2/c1-27-8-6-15(26-27)17-11-14(19-20(22)24-12-25-29(17)19)13-4-5-16(18(10-13)30-3)28(2)21-23-7-9-31-21/h4-12H,1-3H3,(H2,22,24,25). The molecule has 156 valence electrons. The van der Waals surface area contributed by atoms with E-state index in [0.717, 1.165) is 28.2 Å². The van der Waals surface area contributed by atoms with Crippen LogP contribution in [-0.4, -0.2) is 43.5 Å². The first-order valence-electron chi connectivity index (χ1n) is 9.50. The van der Waals surface area contributed by atoms with Gasteiger partial charge in [0, 0.05) is 25.9 Å². The van der Waals surface area contributed by atoms with Gasteiger partial charge in [-0.25, -0.2) is 14.5 Å². The topological polar surface area (TPSA) is 113 Å². The molecule has 0 unspecified atom stereocenters. The van der Waals surface area contributed by atoms with Crippen LogP contribution in [0.2, 0.25) is 0 Å². The van der Waals surface area contributed by atoms with Crippen LogP contribution in [0.3, 0.4) is 0 Å². The number of methoxy groups -OCH3 is 1. The first-order chi connectivity index (χ1) is 15.1. The van der Waals surface area contributed by atoms with Crippen molar-refractivity contribution in [3.63, 3.8) is 0 Å². The van der Waals surface area contributed by atoms with Crippen LogP contribution in [0, 0.1) is 0 Å². The van der Waals surface area contributed by atoms with Gasteiger partial charge in [-0.05, 0) is 29.8 Å². The van der Waals surface area contributed by atoms with Crippen molar-refractivity contribution in [2.75, 3.05) is 24.8 Å². The summed E-state index contributed by atoms with van der Waals surface area (Å²) in [6.07, 6.45) is 6.45. The zero-order valence-electron chi connectivity index (χ0n) is 17.2. The van der Waals surface area contributed by atoms with Crippen LogP contribution >= 0.6 is 0 Å². The van der Waals surface area contributed by atoms with Gasteiger partial charge in [0.1, 0.15) is 29.6 Å². The second-order valence-corrected chi connectivity index (χ2v) is 6.98. The molecule has 4 aromatic heterocycles. The summed E-state index contributed by atoms with van der Waals surface area (Å²) in [7, 11) is 5.36. The first kappa shape index (κ1) is 18.7.